The van der Waals surface area contributed by atoms with Crippen molar-refractivity contribution < 1.29 is 18.0 Å². The Kier molecular flexibility index (Phi) is 7.97. The summed E-state index contributed by atoms with van der Waals surface area (Å²) in [6.45, 7) is 2.16. The van der Waals surface area contributed by atoms with Crippen molar-refractivity contribution in [3.05, 3.63) is 18.0 Å². The highest BCUT2D eigenvalue weighted by molar-refractivity contribution is 5.85. The number of nitrogens with two attached hydrogens (primary N) is 1. The predicted octanol–water partition coefficient (Wildman–Crippen LogP) is 1.18. The summed E-state index contributed by atoms with van der Waals surface area (Å²) < 4.78 is 37.2. The first-order valence-electron chi connectivity index (χ1n) is 5.95. The third-order valence-electron chi connectivity index (χ3n) is 2.18. The molecule has 1 atom stereocenters. The third kappa shape index (κ3) is 7.66. The van der Waals surface area contributed by atoms with E-state index in [4.69, 9.17) is 5.73 Å². The molecule has 1 rings (SSSR count). The van der Waals surface area contributed by atoms with E-state index >= 15 is 0 Å². The van der Waals surface area contributed by atoms with Crippen LogP contribution in [0, 0.1) is 0 Å². The molecule has 0 aliphatic carbocycles. The summed E-state index contributed by atoms with van der Waals surface area (Å²) in [6.07, 6.45) is -3.29. The van der Waals surface area contributed by atoms with Crippen LogP contribution in [0.25, 0.3) is 0 Å². The molecule has 0 aromatic carbocycles. The van der Waals surface area contributed by atoms with Gasteiger partial charge in [-0.15, -0.1) is 12.4 Å². The SMILES string of the molecule is CC(N)CC(=O)NCCNc1nccc(C(F)(F)F)n1.Cl. The van der Waals surface area contributed by atoms with Crippen molar-refractivity contribution >= 4 is 24.3 Å². The smallest absolute Gasteiger partial charge is 0.354 e. The standard InChI is InChI=1S/C11H16F3N5O.ClH/c1-7(15)6-9(20)16-4-5-18-10-17-3-2-8(19-10)11(12,13)14;/h2-3,7H,4-6,15H2,1H3,(H,16,20)(H,17,18,19);1H. The number of amides is 1. The van der Waals surface area contributed by atoms with Gasteiger partial charge in [0.25, 0.3) is 0 Å². The van der Waals surface area contributed by atoms with Gasteiger partial charge in [0.15, 0.2) is 0 Å². The van der Waals surface area contributed by atoms with Crippen LogP contribution in [0.1, 0.15) is 19.0 Å². The second kappa shape index (κ2) is 8.63. The summed E-state index contributed by atoms with van der Waals surface area (Å²) in [5.41, 5.74) is 4.43. The monoisotopic (exact) mass is 327 g/mol. The fourth-order valence-corrected chi connectivity index (χ4v) is 1.34. The Labute approximate surface area is 126 Å². The number of nitrogens with zero attached hydrogens (tertiary/aromatic N) is 2. The molecule has 6 nitrogen and oxygen atoms in total. The summed E-state index contributed by atoms with van der Waals surface area (Å²) in [7, 11) is 0. The molecule has 0 saturated carbocycles. The van der Waals surface area contributed by atoms with Gasteiger partial charge in [-0.05, 0) is 13.0 Å². The Bertz CT molecular complexity index is 456. The first-order chi connectivity index (χ1) is 9.29. The van der Waals surface area contributed by atoms with E-state index in [1.807, 2.05) is 0 Å². The van der Waals surface area contributed by atoms with E-state index in [1.165, 1.54) is 0 Å². The maximum atomic E-state index is 12.4. The summed E-state index contributed by atoms with van der Waals surface area (Å²) >= 11 is 0. The van der Waals surface area contributed by atoms with Gasteiger partial charge in [-0.1, -0.05) is 0 Å². The van der Waals surface area contributed by atoms with Crippen molar-refractivity contribution in [2.75, 3.05) is 18.4 Å². The lowest BCUT2D eigenvalue weighted by molar-refractivity contribution is -0.141. The van der Waals surface area contributed by atoms with E-state index in [1.54, 1.807) is 6.92 Å². The number of hydrogen-bond donors (Lipinski definition) is 3. The molecule has 0 aliphatic rings. The summed E-state index contributed by atoms with van der Waals surface area (Å²) in [5, 5.41) is 5.17. The summed E-state index contributed by atoms with van der Waals surface area (Å²) in [6, 6.07) is 0.546. The summed E-state index contributed by atoms with van der Waals surface area (Å²) in [5.74, 6) is -0.354. The van der Waals surface area contributed by atoms with Crippen LogP contribution in [0.5, 0.6) is 0 Å². The van der Waals surface area contributed by atoms with Gasteiger partial charge >= 0.3 is 6.18 Å². The number of rotatable bonds is 6. The van der Waals surface area contributed by atoms with E-state index in [0.717, 1.165) is 12.3 Å². The molecule has 0 fully saturated rings. The van der Waals surface area contributed by atoms with Gasteiger partial charge in [0.05, 0.1) is 0 Å². The van der Waals surface area contributed by atoms with Gasteiger partial charge < -0.3 is 16.4 Å². The molecular formula is C11H17ClF3N5O. The first kappa shape index (κ1) is 19.4. The van der Waals surface area contributed by atoms with Crippen LogP contribution in [0.15, 0.2) is 12.3 Å². The zero-order valence-corrected chi connectivity index (χ0v) is 12.1. The number of nitrogens with one attached hydrogen (secondary N) is 2. The van der Waals surface area contributed by atoms with Crippen LogP contribution in [0.2, 0.25) is 0 Å². The molecule has 120 valence electrons. The Balaban J connectivity index is 0.00000400. The van der Waals surface area contributed by atoms with E-state index < -0.39 is 11.9 Å². The van der Waals surface area contributed by atoms with Crippen molar-refractivity contribution in [3.8, 4) is 0 Å². The number of halogens is 4. The molecule has 0 spiro atoms. The maximum absolute atomic E-state index is 12.4. The highest BCUT2D eigenvalue weighted by atomic mass is 35.5. The molecule has 1 unspecified atom stereocenters. The number of carbonyl (C=O) groups is 1. The van der Waals surface area contributed by atoms with Crippen molar-refractivity contribution in [2.45, 2.75) is 25.6 Å². The fraction of sp³-hybridized carbons (Fsp3) is 0.545. The Morgan fingerprint density at radius 3 is 2.67 bits per heavy atom. The zero-order valence-electron chi connectivity index (χ0n) is 11.3. The molecule has 1 heterocycles. The molecule has 1 aromatic heterocycles. The lowest BCUT2D eigenvalue weighted by atomic mass is 10.2. The highest BCUT2D eigenvalue weighted by Crippen LogP contribution is 2.27. The van der Waals surface area contributed by atoms with E-state index in [-0.39, 0.29) is 49.8 Å². The minimum Gasteiger partial charge on any atom is -0.354 e. The van der Waals surface area contributed by atoms with E-state index in [9.17, 15) is 18.0 Å². The van der Waals surface area contributed by atoms with Gasteiger partial charge in [0, 0.05) is 31.7 Å². The number of carbonyl (C=O) groups excluding carboxylic acids is 1. The Morgan fingerprint density at radius 2 is 2.10 bits per heavy atom. The van der Waals surface area contributed by atoms with Crippen molar-refractivity contribution in [2.24, 2.45) is 5.73 Å². The molecule has 0 bridgehead atoms. The molecule has 21 heavy (non-hydrogen) atoms. The number of hydrogen-bond acceptors (Lipinski definition) is 5. The lowest BCUT2D eigenvalue weighted by Crippen LogP contribution is -2.33. The molecule has 0 aliphatic heterocycles. The molecule has 4 N–H and O–H groups in total. The average molecular weight is 328 g/mol. The van der Waals surface area contributed by atoms with Crippen LogP contribution >= 0.6 is 12.4 Å². The van der Waals surface area contributed by atoms with Crippen molar-refractivity contribution in [1.29, 1.82) is 0 Å². The molecule has 0 saturated heterocycles. The van der Waals surface area contributed by atoms with Crippen LogP contribution in [0.4, 0.5) is 19.1 Å². The van der Waals surface area contributed by atoms with Crippen LogP contribution in [0.3, 0.4) is 0 Å². The third-order valence-corrected chi connectivity index (χ3v) is 2.18. The van der Waals surface area contributed by atoms with Crippen molar-refractivity contribution in [3.63, 3.8) is 0 Å². The quantitative estimate of drug-likeness (QED) is 0.682. The van der Waals surface area contributed by atoms with Gasteiger partial charge in [0.1, 0.15) is 5.69 Å². The summed E-state index contributed by atoms with van der Waals surface area (Å²) in [4.78, 5) is 18.2. The Hall–Kier alpha value is -1.61. The minimum absolute atomic E-state index is 0. The van der Waals surface area contributed by atoms with Gasteiger partial charge in [-0.25, -0.2) is 9.97 Å². The maximum Gasteiger partial charge on any atom is 0.433 e. The number of anilines is 1. The first-order valence-corrected chi connectivity index (χ1v) is 5.95. The normalized spacial score (nSPS) is 12.2. The van der Waals surface area contributed by atoms with Crippen molar-refractivity contribution in [1.82, 2.24) is 15.3 Å². The van der Waals surface area contributed by atoms with Crippen LogP contribution in [-0.4, -0.2) is 35.0 Å². The van der Waals surface area contributed by atoms with Crippen LogP contribution in [-0.2, 0) is 11.0 Å². The van der Waals surface area contributed by atoms with Gasteiger partial charge in [-0.3, -0.25) is 4.79 Å². The molecule has 1 amide bonds. The zero-order chi connectivity index (χ0) is 15.2. The highest BCUT2D eigenvalue weighted by Gasteiger charge is 2.32. The number of alkyl halides is 3. The van der Waals surface area contributed by atoms with Crippen LogP contribution < -0.4 is 16.4 Å². The molecule has 0 radical (unpaired) electrons. The van der Waals surface area contributed by atoms with Gasteiger partial charge in [-0.2, -0.15) is 13.2 Å². The van der Waals surface area contributed by atoms with Gasteiger partial charge in [0.2, 0.25) is 11.9 Å². The number of aromatic nitrogens is 2. The molecular weight excluding hydrogens is 311 g/mol. The molecule has 10 heteroatoms. The Morgan fingerprint density at radius 1 is 1.43 bits per heavy atom. The largest absolute Gasteiger partial charge is 0.433 e. The van der Waals surface area contributed by atoms with E-state index in [2.05, 4.69) is 20.6 Å². The second-order valence-corrected chi connectivity index (χ2v) is 4.22. The van der Waals surface area contributed by atoms with E-state index in [0.29, 0.717) is 0 Å². The average Bonchev–Trinajstić information content (AvgIpc) is 2.33. The fourth-order valence-electron chi connectivity index (χ4n) is 1.34. The minimum atomic E-state index is -4.51. The predicted molar refractivity (Wildman–Crippen MR) is 74.0 cm³/mol. The molecule has 1 aromatic rings. The topological polar surface area (TPSA) is 92.9 Å². The second-order valence-electron chi connectivity index (χ2n) is 4.22. The lowest BCUT2D eigenvalue weighted by Gasteiger charge is -2.09.